The predicted molar refractivity (Wildman–Crippen MR) is 83.3 cm³/mol. The molecule has 0 saturated carbocycles. The average Bonchev–Trinajstić information content (AvgIpc) is 2.35. The van der Waals surface area contributed by atoms with Gasteiger partial charge in [0.25, 0.3) is 0 Å². The van der Waals surface area contributed by atoms with Gasteiger partial charge in [-0.05, 0) is 31.4 Å². The summed E-state index contributed by atoms with van der Waals surface area (Å²) < 4.78 is 0. The summed E-state index contributed by atoms with van der Waals surface area (Å²) in [7, 11) is 0. The average molecular weight is 265 g/mol. The second kappa shape index (κ2) is 9.46. The van der Waals surface area contributed by atoms with Crippen LogP contribution in [-0.4, -0.2) is 18.3 Å². The first-order valence-electron chi connectivity index (χ1n) is 7.09. The monoisotopic (exact) mass is 265 g/mol. The highest BCUT2D eigenvalue weighted by Gasteiger charge is 2.02. The van der Waals surface area contributed by atoms with Gasteiger partial charge in [-0.1, -0.05) is 44.9 Å². The first-order chi connectivity index (χ1) is 8.68. The molecule has 1 rings (SSSR count). The Balaban J connectivity index is 2.00. The van der Waals surface area contributed by atoms with E-state index in [9.17, 15) is 0 Å². The standard InChI is InChI=1S/C16H27NS/c1-14(2)8-7-9-15(3)17-12-13-18-16-10-5-4-6-11-16/h4-6,10-11,14-15,17H,7-9,12-13H2,1-3H3. The normalized spacial score (nSPS) is 12.9. The molecule has 0 radical (unpaired) electrons. The molecule has 1 unspecified atom stereocenters. The van der Waals surface area contributed by atoms with Gasteiger partial charge in [0.05, 0.1) is 0 Å². The third-order valence-corrected chi connectivity index (χ3v) is 4.04. The summed E-state index contributed by atoms with van der Waals surface area (Å²) in [6, 6.07) is 11.3. The fourth-order valence-electron chi connectivity index (χ4n) is 1.93. The van der Waals surface area contributed by atoms with Crippen molar-refractivity contribution in [2.45, 2.75) is 51.0 Å². The van der Waals surface area contributed by atoms with Crippen LogP contribution in [0, 0.1) is 5.92 Å². The van der Waals surface area contributed by atoms with E-state index in [0.717, 1.165) is 18.2 Å². The third-order valence-electron chi connectivity index (χ3n) is 3.03. The van der Waals surface area contributed by atoms with E-state index in [-0.39, 0.29) is 0 Å². The topological polar surface area (TPSA) is 12.0 Å². The quantitative estimate of drug-likeness (QED) is 0.518. The van der Waals surface area contributed by atoms with Crippen LogP contribution in [0.4, 0.5) is 0 Å². The molecule has 0 aromatic heterocycles. The van der Waals surface area contributed by atoms with Gasteiger partial charge in [-0.3, -0.25) is 0 Å². The van der Waals surface area contributed by atoms with E-state index in [0.29, 0.717) is 6.04 Å². The second-order valence-electron chi connectivity index (χ2n) is 5.34. The molecule has 0 aliphatic rings. The molecule has 0 amide bonds. The van der Waals surface area contributed by atoms with Crippen LogP contribution in [-0.2, 0) is 0 Å². The Bertz CT molecular complexity index is 297. The fraction of sp³-hybridized carbons (Fsp3) is 0.625. The summed E-state index contributed by atoms with van der Waals surface area (Å²) in [5.41, 5.74) is 0. The zero-order valence-electron chi connectivity index (χ0n) is 12.0. The molecule has 1 nitrogen and oxygen atoms in total. The second-order valence-corrected chi connectivity index (χ2v) is 6.51. The van der Waals surface area contributed by atoms with E-state index in [1.54, 1.807) is 0 Å². The number of benzene rings is 1. The highest BCUT2D eigenvalue weighted by molar-refractivity contribution is 7.99. The Morgan fingerprint density at radius 3 is 2.44 bits per heavy atom. The van der Waals surface area contributed by atoms with Crippen LogP contribution in [0.25, 0.3) is 0 Å². The number of thioether (sulfide) groups is 1. The van der Waals surface area contributed by atoms with Crippen molar-refractivity contribution >= 4 is 11.8 Å². The zero-order chi connectivity index (χ0) is 13.2. The molecule has 1 atom stereocenters. The van der Waals surface area contributed by atoms with Crippen LogP contribution in [0.2, 0.25) is 0 Å². The van der Waals surface area contributed by atoms with Crippen LogP contribution < -0.4 is 5.32 Å². The predicted octanol–water partition coefficient (Wildman–Crippen LogP) is 4.58. The molecule has 0 fully saturated rings. The molecular weight excluding hydrogens is 238 g/mol. The Morgan fingerprint density at radius 2 is 1.78 bits per heavy atom. The minimum absolute atomic E-state index is 0.653. The summed E-state index contributed by atoms with van der Waals surface area (Å²) in [4.78, 5) is 1.37. The minimum Gasteiger partial charge on any atom is -0.313 e. The molecule has 0 aliphatic heterocycles. The van der Waals surface area contributed by atoms with Gasteiger partial charge in [0.1, 0.15) is 0 Å². The van der Waals surface area contributed by atoms with E-state index in [1.165, 1.54) is 24.2 Å². The number of hydrogen-bond acceptors (Lipinski definition) is 2. The summed E-state index contributed by atoms with van der Waals surface area (Å²) in [6.45, 7) is 8.00. The van der Waals surface area contributed by atoms with E-state index < -0.39 is 0 Å². The fourth-order valence-corrected chi connectivity index (χ4v) is 2.73. The third kappa shape index (κ3) is 7.78. The van der Waals surface area contributed by atoms with E-state index >= 15 is 0 Å². The Labute approximate surface area is 117 Å². The molecule has 0 bridgehead atoms. The summed E-state index contributed by atoms with van der Waals surface area (Å²) in [5, 5.41) is 3.61. The Morgan fingerprint density at radius 1 is 1.06 bits per heavy atom. The van der Waals surface area contributed by atoms with Crippen molar-refractivity contribution in [1.82, 2.24) is 5.32 Å². The minimum atomic E-state index is 0.653. The van der Waals surface area contributed by atoms with E-state index in [1.807, 2.05) is 11.8 Å². The maximum atomic E-state index is 3.61. The Kier molecular flexibility index (Phi) is 8.19. The van der Waals surface area contributed by atoms with Crippen LogP contribution >= 0.6 is 11.8 Å². The van der Waals surface area contributed by atoms with Crippen LogP contribution in [0.1, 0.15) is 40.0 Å². The summed E-state index contributed by atoms with van der Waals surface area (Å²) >= 11 is 1.93. The molecule has 1 N–H and O–H groups in total. The molecule has 0 heterocycles. The van der Waals surface area contributed by atoms with Gasteiger partial charge in [0.15, 0.2) is 0 Å². The molecule has 0 aliphatic carbocycles. The smallest absolute Gasteiger partial charge is 0.0106 e. The Hall–Kier alpha value is -0.470. The molecule has 0 spiro atoms. The van der Waals surface area contributed by atoms with Gasteiger partial charge < -0.3 is 5.32 Å². The first kappa shape index (κ1) is 15.6. The van der Waals surface area contributed by atoms with Crippen LogP contribution in [0.5, 0.6) is 0 Å². The van der Waals surface area contributed by atoms with Crippen molar-refractivity contribution in [1.29, 1.82) is 0 Å². The van der Waals surface area contributed by atoms with Crippen molar-refractivity contribution in [3.63, 3.8) is 0 Å². The van der Waals surface area contributed by atoms with Crippen LogP contribution in [0.15, 0.2) is 35.2 Å². The largest absolute Gasteiger partial charge is 0.313 e. The van der Waals surface area contributed by atoms with Gasteiger partial charge in [-0.25, -0.2) is 0 Å². The lowest BCUT2D eigenvalue weighted by Gasteiger charge is -2.14. The molecule has 1 aromatic rings. The first-order valence-corrected chi connectivity index (χ1v) is 8.08. The van der Waals surface area contributed by atoms with E-state index in [4.69, 9.17) is 0 Å². The lowest BCUT2D eigenvalue weighted by molar-refractivity contribution is 0.466. The zero-order valence-corrected chi connectivity index (χ0v) is 12.8. The lowest BCUT2D eigenvalue weighted by Crippen LogP contribution is -2.28. The summed E-state index contributed by atoms with van der Waals surface area (Å²) in [5.74, 6) is 1.99. The SMILES string of the molecule is CC(C)CCCC(C)NCCSc1ccccc1. The molecule has 18 heavy (non-hydrogen) atoms. The highest BCUT2D eigenvalue weighted by Crippen LogP contribution is 2.16. The molecule has 102 valence electrons. The number of nitrogens with one attached hydrogen (secondary N) is 1. The maximum absolute atomic E-state index is 3.61. The van der Waals surface area contributed by atoms with Crippen molar-refractivity contribution in [2.24, 2.45) is 5.92 Å². The summed E-state index contributed by atoms with van der Waals surface area (Å²) in [6.07, 6.45) is 4.00. The number of hydrogen-bond donors (Lipinski definition) is 1. The molecular formula is C16H27NS. The van der Waals surface area contributed by atoms with Gasteiger partial charge >= 0.3 is 0 Å². The van der Waals surface area contributed by atoms with Gasteiger partial charge in [0.2, 0.25) is 0 Å². The van der Waals surface area contributed by atoms with Crippen molar-refractivity contribution in [3.8, 4) is 0 Å². The van der Waals surface area contributed by atoms with Crippen molar-refractivity contribution < 1.29 is 0 Å². The molecule has 1 aromatic carbocycles. The highest BCUT2D eigenvalue weighted by atomic mass is 32.2. The maximum Gasteiger partial charge on any atom is 0.0106 e. The molecule has 2 heteroatoms. The van der Waals surface area contributed by atoms with Gasteiger partial charge in [0, 0.05) is 23.2 Å². The number of rotatable bonds is 9. The lowest BCUT2D eigenvalue weighted by atomic mass is 10.0. The van der Waals surface area contributed by atoms with Gasteiger partial charge in [-0.15, -0.1) is 11.8 Å². The van der Waals surface area contributed by atoms with Crippen molar-refractivity contribution in [2.75, 3.05) is 12.3 Å². The van der Waals surface area contributed by atoms with E-state index in [2.05, 4.69) is 56.4 Å². The van der Waals surface area contributed by atoms with Crippen molar-refractivity contribution in [3.05, 3.63) is 30.3 Å². The van der Waals surface area contributed by atoms with Crippen LogP contribution in [0.3, 0.4) is 0 Å². The van der Waals surface area contributed by atoms with Gasteiger partial charge in [-0.2, -0.15) is 0 Å². The molecule has 0 saturated heterocycles.